The minimum atomic E-state index is 0.216. The van der Waals surface area contributed by atoms with Crippen LogP contribution in [0, 0.1) is 5.92 Å². The molecule has 0 spiro atoms. The molecule has 1 N–H and O–H groups in total. The quantitative estimate of drug-likeness (QED) is 0.758. The molecule has 0 radical (unpaired) electrons. The lowest BCUT2D eigenvalue weighted by Crippen LogP contribution is -2.03. The number of aromatic nitrogens is 2. The number of nitrogens with zero attached hydrogens (tertiary/aromatic N) is 2. The molecule has 1 unspecified atom stereocenters. The van der Waals surface area contributed by atoms with Gasteiger partial charge in [0, 0.05) is 13.7 Å². The van der Waals surface area contributed by atoms with Crippen molar-refractivity contribution >= 4 is 11.8 Å². The van der Waals surface area contributed by atoms with E-state index in [0.29, 0.717) is 30.0 Å². The number of aliphatic hydroxyl groups excluding tert-OH is 1. The fourth-order valence-corrected chi connectivity index (χ4v) is 1.86. The van der Waals surface area contributed by atoms with Gasteiger partial charge in [0.2, 0.25) is 0 Å². The van der Waals surface area contributed by atoms with Crippen molar-refractivity contribution in [3.05, 3.63) is 11.7 Å². The number of hydrogen-bond donors (Lipinski definition) is 1. The van der Waals surface area contributed by atoms with Crippen LogP contribution in [-0.2, 0) is 17.1 Å². The van der Waals surface area contributed by atoms with E-state index in [-0.39, 0.29) is 6.61 Å². The van der Waals surface area contributed by atoms with Crippen LogP contribution < -0.4 is 0 Å². The molecule has 1 rings (SSSR count). The fourth-order valence-electron chi connectivity index (χ4n) is 0.935. The molecule has 6 heteroatoms. The van der Waals surface area contributed by atoms with Gasteiger partial charge in [-0.05, 0) is 11.7 Å². The third-order valence-corrected chi connectivity index (χ3v) is 2.99. The summed E-state index contributed by atoms with van der Waals surface area (Å²) in [5.41, 5.74) is 0. The van der Waals surface area contributed by atoms with Crippen molar-refractivity contribution < 1.29 is 14.4 Å². The minimum Gasteiger partial charge on any atom is -0.396 e. The third-order valence-electron chi connectivity index (χ3n) is 1.72. The van der Waals surface area contributed by atoms with Gasteiger partial charge in [0.25, 0.3) is 5.89 Å². The molecule has 1 aromatic heterocycles. The van der Waals surface area contributed by atoms with Crippen molar-refractivity contribution in [2.45, 2.75) is 19.3 Å². The van der Waals surface area contributed by atoms with E-state index in [1.54, 1.807) is 18.9 Å². The molecule has 5 nitrogen and oxygen atoms in total. The molecule has 0 saturated carbocycles. The van der Waals surface area contributed by atoms with Gasteiger partial charge < -0.3 is 14.4 Å². The first-order chi connectivity index (χ1) is 7.26. The molecule has 1 atom stereocenters. The molecule has 0 aliphatic rings. The maximum absolute atomic E-state index is 8.83. The van der Waals surface area contributed by atoms with Crippen molar-refractivity contribution in [1.29, 1.82) is 0 Å². The van der Waals surface area contributed by atoms with Gasteiger partial charge in [-0.3, -0.25) is 0 Å². The highest BCUT2D eigenvalue weighted by Crippen LogP contribution is 2.13. The topological polar surface area (TPSA) is 68.4 Å². The van der Waals surface area contributed by atoms with Crippen molar-refractivity contribution in [3.8, 4) is 0 Å². The van der Waals surface area contributed by atoms with Crippen LogP contribution in [0.5, 0.6) is 0 Å². The minimum absolute atomic E-state index is 0.216. The lowest BCUT2D eigenvalue weighted by Gasteiger charge is -2.04. The number of hydrogen-bond acceptors (Lipinski definition) is 6. The predicted octanol–water partition coefficient (Wildman–Crippen LogP) is 1.08. The Balaban J connectivity index is 2.25. The Labute approximate surface area is 93.2 Å². The molecule has 0 amide bonds. The van der Waals surface area contributed by atoms with Crippen LogP contribution in [0.4, 0.5) is 0 Å². The van der Waals surface area contributed by atoms with Gasteiger partial charge in [-0.15, -0.1) is 0 Å². The monoisotopic (exact) mass is 232 g/mol. The van der Waals surface area contributed by atoms with Crippen molar-refractivity contribution in [1.82, 2.24) is 10.1 Å². The van der Waals surface area contributed by atoms with Gasteiger partial charge in [-0.25, -0.2) is 0 Å². The van der Waals surface area contributed by atoms with E-state index in [2.05, 4.69) is 10.1 Å². The van der Waals surface area contributed by atoms with Gasteiger partial charge >= 0.3 is 0 Å². The Hall–Kier alpha value is -0.590. The molecule has 15 heavy (non-hydrogen) atoms. The molecular weight excluding hydrogens is 216 g/mol. The highest BCUT2D eigenvalue weighted by molar-refractivity contribution is 7.98. The van der Waals surface area contributed by atoms with Crippen molar-refractivity contribution in [2.24, 2.45) is 5.92 Å². The Kier molecular flexibility index (Phi) is 5.67. The molecule has 0 fully saturated rings. The Morgan fingerprint density at radius 1 is 1.60 bits per heavy atom. The van der Waals surface area contributed by atoms with Gasteiger partial charge in [0.1, 0.15) is 6.61 Å². The van der Waals surface area contributed by atoms with Gasteiger partial charge in [-0.2, -0.15) is 16.7 Å². The first kappa shape index (κ1) is 12.5. The second kappa shape index (κ2) is 6.81. The van der Waals surface area contributed by atoms with Crippen LogP contribution in [0.1, 0.15) is 18.6 Å². The summed E-state index contributed by atoms with van der Waals surface area (Å²) < 4.78 is 9.81. The lowest BCUT2D eigenvalue weighted by atomic mass is 10.2. The summed E-state index contributed by atoms with van der Waals surface area (Å²) in [6.45, 7) is 2.57. The van der Waals surface area contributed by atoms with Crippen LogP contribution in [0.15, 0.2) is 4.52 Å². The van der Waals surface area contributed by atoms with Crippen LogP contribution in [-0.4, -0.2) is 34.7 Å². The van der Waals surface area contributed by atoms with E-state index >= 15 is 0 Å². The van der Waals surface area contributed by atoms with Gasteiger partial charge in [0.15, 0.2) is 5.82 Å². The van der Waals surface area contributed by atoms with Crippen molar-refractivity contribution in [2.75, 3.05) is 19.5 Å². The van der Waals surface area contributed by atoms with E-state index in [4.69, 9.17) is 14.4 Å². The number of ether oxygens (including phenoxy) is 1. The Bertz CT molecular complexity index is 280. The summed E-state index contributed by atoms with van der Waals surface area (Å²) in [7, 11) is 1.58. The molecule has 0 aromatic carbocycles. The van der Waals surface area contributed by atoms with Gasteiger partial charge in [-0.1, -0.05) is 12.1 Å². The summed E-state index contributed by atoms with van der Waals surface area (Å²) >= 11 is 1.68. The standard InChI is InChI=1S/C9H16N2O3S/c1-7(3-12)5-15-6-8-10-9(4-13-2)14-11-8/h7,12H,3-6H2,1-2H3. The summed E-state index contributed by atoms with van der Waals surface area (Å²) in [6.07, 6.45) is 0. The predicted molar refractivity (Wildman–Crippen MR) is 57.4 cm³/mol. The molecule has 0 aliphatic heterocycles. The lowest BCUT2D eigenvalue weighted by molar-refractivity contribution is 0.151. The zero-order valence-corrected chi connectivity index (χ0v) is 9.79. The van der Waals surface area contributed by atoms with Crippen LogP contribution in [0.25, 0.3) is 0 Å². The van der Waals surface area contributed by atoms with E-state index in [9.17, 15) is 0 Å². The summed E-state index contributed by atoms with van der Waals surface area (Å²) in [5.74, 6) is 3.09. The van der Waals surface area contributed by atoms with Crippen LogP contribution in [0.2, 0.25) is 0 Å². The van der Waals surface area contributed by atoms with E-state index < -0.39 is 0 Å². The summed E-state index contributed by atoms with van der Waals surface area (Å²) in [5, 5.41) is 12.6. The molecule has 0 saturated heterocycles. The smallest absolute Gasteiger partial charge is 0.252 e. The number of methoxy groups -OCH3 is 1. The zero-order chi connectivity index (χ0) is 11.1. The largest absolute Gasteiger partial charge is 0.396 e. The maximum Gasteiger partial charge on any atom is 0.252 e. The molecule has 1 aromatic rings. The van der Waals surface area contributed by atoms with Crippen LogP contribution in [0.3, 0.4) is 0 Å². The second-order valence-corrected chi connectivity index (χ2v) is 4.37. The fraction of sp³-hybridized carbons (Fsp3) is 0.778. The second-order valence-electron chi connectivity index (χ2n) is 3.34. The van der Waals surface area contributed by atoms with E-state index in [1.807, 2.05) is 6.92 Å². The SMILES string of the molecule is COCc1nc(CSCC(C)CO)no1. The van der Waals surface area contributed by atoms with E-state index in [0.717, 1.165) is 5.75 Å². The average Bonchev–Trinajstić information content (AvgIpc) is 2.66. The normalized spacial score (nSPS) is 13.0. The highest BCUT2D eigenvalue weighted by Gasteiger charge is 2.06. The molecule has 0 aliphatic carbocycles. The first-order valence-corrected chi connectivity index (χ1v) is 5.90. The molecular formula is C9H16N2O3S. The maximum atomic E-state index is 8.83. The molecule has 0 bridgehead atoms. The summed E-state index contributed by atoms with van der Waals surface area (Å²) in [6, 6.07) is 0. The van der Waals surface area contributed by atoms with E-state index in [1.165, 1.54) is 0 Å². The summed E-state index contributed by atoms with van der Waals surface area (Å²) in [4.78, 5) is 4.14. The molecule has 86 valence electrons. The number of aliphatic hydroxyl groups is 1. The van der Waals surface area contributed by atoms with Crippen LogP contribution >= 0.6 is 11.8 Å². The third kappa shape index (κ3) is 4.63. The molecule has 1 heterocycles. The number of rotatable bonds is 7. The van der Waals surface area contributed by atoms with Crippen molar-refractivity contribution in [3.63, 3.8) is 0 Å². The van der Waals surface area contributed by atoms with Gasteiger partial charge in [0.05, 0.1) is 5.75 Å². The zero-order valence-electron chi connectivity index (χ0n) is 8.97. The highest BCUT2D eigenvalue weighted by atomic mass is 32.2. The number of thioether (sulfide) groups is 1. The average molecular weight is 232 g/mol. The Morgan fingerprint density at radius 3 is 3.07 bits per heavy atom. The first-order valence-electron chi connectivity index (χ1n) is 4.75. The Morgan fingerprint density at radius 2 is 2.40 bits per heavy atom.